The van der Waals surface area contributed by atoms with Crippen LogP contribution in [0.4, 0.5) is 0 Å². The monoisotopic (exact) mass is 341 g/mol. The Bertz CT molecular complexity index is 638. The molecule has 1 aliphatic rings. The molecule has 0 aliphatic carbocycles. The van der Waals surface area contributed by atoms with E-state index in [9.17, 15) is 13.2 Å². The molecule has 1 aromatic carbocycles. The third kappa shape index (κ3) is 5.21. The molecule has 23 heavy (non-hydrogen) atoms. The van der Waals surface area contributed by atoms with E-state index in [4.69, 9.17) is 9.47 Å². The van der Waals surface area contributed by atoms with Gasteiger partial charge in [-0.25, -0.2) is 8.42 Å². The molecule has 1 heterocycles. The Balaban J connectivity index is 1.76. The van der Waals surface area contributed by atoms with Gasteiger partial charge in [0.25, 0.3) is 5.91 Å². The third-order valence-corrected chi connectivity index (χ3v) is 4.83. The maximum atomic E-state index is 12.1. The molecule has 0 N–H and O–H groups in total. The summed E-state index contributed by atoms with van der Waals surface area (Å²) >= 11 is 0. The van der Waals surface area contributed by atoms with Crippen LogP contribution >= 0.6 is 0 Å². The van der Waals surface area contributed by atoms with Crippen molar-refractivity contribution in [2.24, 2.45) is 0 Å². The summed E-state index contributed by atoms with van der Waals surface area (Å²) in [7, 11) is -1.48. The highest BCUT2D eigenvalue weighted by Gasteiger charge is 2.26. The predicted molar refractivity (Wildman–Crippen MR) is 86.3 cm³/mol. The van der Waals surface area contributed by atoms with Crippen LogP contribution in [0.25, 0.3) is 0 Å². The van der Waals surface area contributed by atoms with Crippen molar-refractivity contribution in [2.45, 2.75) is 30.3 Å². The lowest BCUT2D eigenvalue weighted by molar-refractivity contribution is -0.139. The molecular weight excluding hydrogens is 318 g/mol. The van der Waals surface area contributed by atoms with Crippen molar-refractivity contribution >= 4 is 15.7 Å². The van der Waals surface area contributed by atoms with Crippen molar-refractivity contribution in [3.8, 4) is 5.75 Å². The summed E-state index contributed by atoms with van der Waals surface area (Å²) in [5.74, 6) is 0.530. The van der Waals surface area contributed by atoms with Gasteiger partial charge in [-0.2, -0.15) is 0 Å². The Hall–Kier alpha value is -1.60. The van der Waals surface area contributed by atoms with Crippen molar-refractivity contribution in [1.29, 1.82) is 0 Å². The zero-order chi connectivity index (χ0) is 16.9. The van der Waals surface area contributed by atoms with Gasteiger partial charge in [0, 0.05) is 26.5 Å². The number of nitrogens with zero attached hydrogens (tertiary/aromatic N) is 1. The number of benzene rings is 1. The highest BCUT2D eigenvalue weighted by atomic mass is 32.2. The molecule has 0 bridgehead atoms. The first-order valence-electron chi connectivity index (χ1n) is 7.67. The van der Waals surface area contributed by atoms with Gasteiger partial charge in [0.2, 0.25) is 0 Å². The summed E-state index contributed by atoms with van der Waals surface area (Å²) in [4.78, 5) is 14.0. The van der Waals surface area contributed by atoms with Gasteiger partial charge in [-0.05, 0) is 37.5 Å². The maximum absolute atomic E-state index is 12.1. The number of sulfone groups is 1. The number of likely N-dealkylation sites (N-methyl/N-ethyl adjacent to an activating group) is 1. The zero-order valence-corrected chi connectivity index (χ0v) is 14.3. The highest BCUT2D eigenvalue weighted by molar-refractivity contribution is 7.90. The first-order chi connectivity index (χ1) is 10.9. The van der Waals surface area contributed by atoms with Gasteiger partial charge in [-0.15, -0.1) is 0 Å². The van der Waals surface area contributed by atoms with Gasteiger partial charge in [0.05, 0.1) is 11.5 Å². The number of amides is 1. The molecule has 1 atom stereocenters. The molecule has 1 amide bonds. The van der Waals surface area contributed by atoms with E-state index in [-0.39, 0.29) is 16.9 Å². The van der Waals surface area contributed by atoms with E-state index >= 15 is 0 Å². The first kappa shape index (κ1) is 17.7. The number of hydrogen-bond acceptors (Lipinski definition) is 5. The summed E-state index contributed by atoms with van der Waals surface area (Å²) in [5.41, 5.74) is 0. The van der Waals surface area contributed by atoms with Crippen LogP contribution in [0.15, 0.2) is 29.2 Å². The van der Waals surface area contributed by atoms with Crippen LogP contribution in [0.2, 0.25) is 0 Å². The number of carbonyl (C=O) groups is 1. The molecule has 1 aromatic rings. The van der Waals surface area contributed by atoms with Crippen LogP contribution in [-0.2, 0) is 19.4 Å². The molecular formula is C16H23NO5S. The number of carbonyl (C=O) groups excluding carboxylic acids is 1. The van der Waals surface area contributed by atoms with E-state index in [1.165, 1.54) is 12.1 Å². The van der Waals surface area contributed by atoms with E-state index < -0.39 is 9.84 Å². The number of ether oxygens (including phenoxy) is 2. The van der Waals surface area contributed by atoms with Crippen LogP contribution in [0.3, 0.4) is 0 Å². The topological polar surface area (TPSA) is 72.9 Å². The van der Waals surface area contributed by atoms with Crippen molar-refractivity contribution < 1.29 is 22.7 Å². The quantitative estimate of drug-likeness (QED) is 0.703. The molecule has 0 aromatic heterocycles. The standard InChI is InChI=1S/C16H23NO5S/c1-17(16(18)15-8-4-10-22-15)9-5-11-21-13-6-3-7-14(12-13)23(2,19)20/h3,6-7,12,15H,4-5,8-11H2,1-2H3/t15-/m1/s1. The SMILES string of the molecule is CN(CCCOc1cccc(S(C)(=O)=O)c1)C(=O)[C@H]1CCCO1. The van der Waals surface area contributed by atoms with Crippen LogP contribution in [0.5, 0.6) is 5.75 Å². The Morgan fingerprint density at radius 3 is 2.87 bits per heavy atom. The van der Waals surface area contributed by atoms with E-state index in [1.54, 1.807) is 24.1 Å². The lowest BCUT2D eigenvalue weighted by atomic mass is 10.2. The maximum Gasteiger partial charge on any atom is 0.251 e. The van der Waals surface area contributed by atoms with Crippen molar-refractivity contribution in [3.05, 3.63) is 24.3 Å². The number of hydrogen-bond donors (Lipinski definition) is 0. The fourth-order valence-electron chi connectivity index (χ4n) is 2.41. The van der Waals surface area contributed by atoms with Crippen molar-refractivity contribution in [2.75, 3.05) is 33.1 Å². The largest absolute Gasteiger partial charge is 0.493 e. The molecule has 7 heteroatoms. The normalized spacial score (nSPS) is 17.9. The minimum absolute atomic E-state index is 0.0153. The molecule has 1 aliphatic heterocycles. The predicted octanol–water partition coefficient (Wildman–Crippen LogP) is 1.50. The second-order valence-electron chi connectivity index (χ2n) is 5.71. The molecule has 0 unspecified atom stereocenters. The van der Waals surface area contributed by atoms with E-state index in [0.29, 0.717) is 31.9 Å². The second kappa shape index (κ2) is 7.79. The number of rotatable bonds is 7. The van der Waals surface area contributed by atoms with E-state index in [1.807, 2.05) is 0 Å². The highest BCUT2D eigenvalue weighted by Crippen LogP contribution is 2.18. The fraction of sp³-hybridized carbons (Fsp3) is 0.562. The van der Waals surface area contributed by atoms with Crippen molar-refractivity contribution in [1.82, 2.24) is 4.90 Å². The molecule has 1 fully saturated rings. The van der Waals surface area contributed by atoms with Gasteiger partial charge in [0.15, 0.2) is 9.84 Å². The minimum Gasteiger partial charge on any atom is -0.493 e. The Kier molecular flexibility index (Phi) is 6.01. The van der Waals surface area contributed by atoms with Gasteiger partial charge in [-0.1, -0.05) is 6.07 Å². The molecule has 0 saturated carbocycles. The summed E-state index contributed by atoms with van der Waals surface area (Å²) in [6.45, 7) is 1.64. The summed E-state index contributed by atoms with van der Waals surface area (Å²) in [5, 5.41) is 0. The van der Waals surface area contributed by atoms with Gasteiger partial charge in [0.1, 0.15) is 11.9 Å². The smallest absolute Gasteiger partial charge is 0.251 e. The van der Waals surface area contributed by atoms with Gasteiger partial charge < -0.3 is 14.4 Å². The second-order valence-corrected chi connectivity index (χ2v) is 7.73. The van der Waals surface area contributed by atoms with Crippen LogP contribution in [0, 0.1) is 0 Å². The molecule has 0 radical (unpaired) electrons. The first-order valence-corrected chi connectivity index (χ1v) is 9.56. The lowest BCUT2D eigenvalue weighted by Gasteiger charge is -2.20. The molecule has 0 spiro atoms. The van der Waals surface area contributed by atoms with Crippen LogP contribution in [0.1, 0.15) is 19.3 Å². The molecule has 128 valence electrons. The molecule has 1 saturated heterocycles. The van der Waals surface area contributed by atoms with Crippen molar-refractivity contribution in [3.63, 3.8) is 0 Å². The van der Waals surface area contributed by atoms with Gasteiger partial charge >= 0.3 is 0 Å². The van der Waals surface area contributed by atoms with E-state index in [2.05, 4.69) is 0 Å². The van der Waals surface area contributed by atoms with Crippen LogP contribution < -0.4 is 4.74 Å². The summed E-state index contributed by atoms with van der Waals surface area (Å²) in [6.07, 6.45) is 3.25. The Labute approximate surface area is 137 Å². The summed E-state index contributed by atoms with van der Waals surface area (Å²) < 4.78 is 33.9. The average molecular weight is 341 g/mol. The zero-order valence-electron chi connectivity index (χ0n) is 13.5. The Morgan fingerprint density at radius 1 is 1.43 bits per heavy atom. The Morgan fingerprint density at radius 2 is 2.22 bits per heavy atom. The summed E-state index contributed by atoms with van der Waals surface area (Å²) in [6, 6.07) is 6.42. The molecule has 6 nitrogen and oxygen atoms in total. The van der Waals surface area contributed by atoms with Gasteiger partial charge in [-0.3, -0.25) is 4.79 Å². The van der Waals surface area contributed by atoms with Crippen LogP contribution in [-0.4, -0.2) is 58.4 Å². The van der Waals surface area contributed by atoms with E-state index in [0.717, 1.165) is 19.1 Å². The fourth-order valence-corrected chi connectivity index (χ4v) is 3.07. The lowest BCUT2D eigenvalue weighted by Crippen LogP contribution is -2.37. The minimum atomic E-state index is -3.24. The average Bonchev–Trinajstić information content (AvgIpc) is 3.04. The third-order valence-electron chi connectivity index (χ3n) is 3.72. The molecule has 2 rings (SSSR count).